The number of aromatic nitrogens is 3. The monoisotopic (exact) mass is 353 g/mol. The minimum absolute atomic E-state index is 0.0332. The zero-order valence-electron chi connectivity index (χ0n) is 14.0. The lowest BCUT2D eigenvalue weighted by Crippen LogP contribution is -2.40. The average molecular weight is 353 g/mol. The van der Waals surface area contributed by atoms with Crippen LogP contribution in [0.5, 0.6) is 0 Å². The first-order valence-corrected chi connectivity index (χ1v) is 9.30. The van der Waals surface area contributed by atoms with E-state index in [2.05, 4.69) is 31.5 Å². The van der Waals surface area contributed by atoms with Crippen LogP contribution >= 0.6 is 11.3 Å². The second kappa shape index (κ2) is 6.85. The molecule has 1 fully saturated rings. The van der Waals surface area contributed by atoms with Crippen molar-refractivity contribution in [1.29, 1.82) is 0 Å². The molecule has 25 heavy (non-hydrogen) atoms. The summed E-state index contributed by atoms with van der Waals surface area (Å²) in [7, 11) is 0. The standard InChI is InChI=1S/C18H19N5OS/c1-12(23-6-2-3-7-23)18(24)20-17-9-14-8-13(16-10-19-11-25-16)4-5-15(14)21-22-17/h4-5,8-12H,2-3,6-7H2,1H3,(H,20,22,24). The molecule has 1 aliphatic heterocycles. The molecule has 1 aromatic carbocycles. The van der Waals surface area contributed by atoms with E-state index in [-0.39, 0.29) is 11.9 Å². The molecule has 6 nitrogen and oxygen atoms in total. The van der Waals surface area contributed by atoms with Crippen molar-refractivity contribution in [2.45, 2.75) is 25.8 Å². The molecule has 128 valence electrons. The number of nitrogens with one attached hydrogen (secondary N) is 1. The molecule has 1 N–H and O–H groups in total. The third kappa shape index (κ3) is 3.38. The molecule has 0 spiro atoms. The summed E-state index contributed by atoms with van der Waals surface area (Å²) in [6, 6.07) is 7.73. The Morgan fingerprint density at radius 1 is 1.24 bits per heavy atom. The van der Waals surface area contributed by atoms with Gasteiger partial charge in [0, 0.05) is 11.6 Å². The maximum absolute atomic E-state index is 12.5. The Morgan fingerprint density at radius 3 is 2.84 bits per heavy atom. The number of hydrogen-bond acceptors (Lipinski definition) is 6. The van der Waals surface area contributed by atoms with E-state index < -0.39 is 0 Å². The first kappa shape index (κ1) is 16.1. The van der Waals surface area contributed by atoms with E-state index in [1.54, 1.807) is 11.3 Å². The Bertz CT molecular complexity index is 890. The lowest BCUT2D eigenvalue weighted by Gasteiger charge is -2.22. The fourth-order valence-corrected chi connectivity index (χ4v) is 3.76. The Balaban J connectivity index is 1.56. The van der Waals surface area contributed by atoms with E-state index >= 15 is 0 Å². The van der Waals surface area contributed by atoms with Gasteiger partial charge in [-0.2, -0.15) is 0 Å². The van der Waals surface area contributed by atoms with Crippen molar-refractivity contribution in [3.63, 3.8) is 0 Å². The third-order valence-corrected chi connectivity index (χ3v) is 5.44. The van der Waals surface area contributed by atoms with Crippen LogP contribution in [0.25, 0.3) is 21.3 Å². The summed E-state index contributed by atoms with van der Waals surface area (Å²) in [5.74, 6) is 0.458. The molecule has 1 saturated heterocycles. The fraction of sp³-hybridized carbons (Fsp3) is 0.333. The van der Waals surface area contributed by atoms with Crippen LogP contribution < -0.4 is 5.32 Å². The van der Waals surface area contributed by atoms with Crippen LogP contribution in [0, 0.1) is 0 Å². The van der Waals surface area contributed by atoms with Crippen LogP contribution in [0.3, 0.4) is 0 Å². The van der Waals surface area contributed by atoms with Crippen molar-refractivity contribution >= 4 is 34.0 Å². The number of carbonyl (C=O) groups excluding carboxylic acids is 1. The highest BCUT2D eigenvalue weighted by atomic mass is 32.1. The van der Waals surface area contributed by atoms with Crippen LogP contribution in [0.4, 0.5) is 5.82 Å². The molecule has 0 bridgehead atoms. The Morgan fingerprint density at radius 2 is 2.08 bits per heavy atom. The van der Waals surface area contributed by atoms with Crippen LogP contribution in [-0.2, 0) is 4.79 Å². The van der Waals surface area contributed by atoms with Crippen molar-refractivity contribution in [3.8, 4) is 10.4 Å². The largest absolute Gasteiger partial charge is 0.308 e. The molecule has 1 amide bonds. The van der Waals surface area contributed by atoms with Crippen LogP contribution in [0.1, 0.15) is 19.8 Å². The number of rotatable bonds is 4. The Hall–Kier alpha value is -2.38. The first-order valence-electron chi connectivity index (χ1n) is 8.42. The van der Waals surface area contributed by atoms with Gasteiger partial charge in [0.05, 0.1) is 21.9 Å². The van der Waals surface area contributed by atoms with Gasteiger partial charge in [0.2, 0.25) is 5.91 Å². The molecule has 1 unspecified atom stereocenters. The van der Waals surface area contributed by atoms with Crippen LogP contribution in [0.15, 0.2) is 36.0 Å². The van der Waals surface area contributed by atoms with E-state index in [9.17, 15) is 4.79 Å². The molecule has 1 aliphatic rings. The predicted molar refractivity (Wildman–Crippen MR) is 99.5 cm³/mol. The lowest BCUT2D eigenvalue weighted by molar-refractivity contribution is -0.120. The van der Waals surface area contributed by atoms with Gasteiger partial charge in [-0.15, -0.1) is 21.5 Å². The molecule has 0 radical (unpaired) electrons. The number of amides is 1. The number of likely N-dealkylation sites (tertiary alicyclic amines) is 1. The van der Waals surface area contributed by atoms with Crippen molar-refractivity contribution in [1.82, 2.24) is 20.1 Å². The number of thiazole rings is 1. The van der Waals surface area contributed by atoms with E-state index in [1.807, 2.05) is 36.8 Å². The highest BCUT2D eigenvalue weighted by Crippen LogP contribution is 2.27. The highest BCUT2D eigenvalue weighted by Gasteiger charge is 2.24. The van der Waals surface area contributed by atoms with E-state index in [0.717, 1.165) is 47.3 Å². The number of anilines is 1. The van der Waals surface area contributed by atoms with Crippen molar-refractivity contribution in [2.75, 3.05) is 18.4 Å². The van der Waals surface area contributed by atoms with E-state index in [4.69, 9.17) is 0 Å². The fourth-order valence-electron chi connectivity index (χ4n) is 3.14. The summed E-state index contributed by atoms with van der Waals surface area (Å²) in [4.78, 5) is 19.9. The molecular formula is C18H19N5OS. The zero-order valence-corrected chi connectivity index (χ0v) is 14.8. The normalized spacial score (nSPS) is 16.2. The van der Waals surface area contributed by atoms with Crippen molar-refractivity contribution in [3.05, 3.63) is 36.0 Å². The van der Waals surface area contributed by atoms with Gasteiger partial charge >= 0.3 is 0 Å². The van der Waals surface area contributed by atoms with Crippen LogP contribution in [0.2, 0.25) is 0 Å². The Kier molecular flexibility index (Phi) is 4.42. The number of nitrogens with zero attached hydrogens (tertiary/aromatic N) is 4. The molecule has 2 aromatic heterocycles. The maximum atomic E-state index is 12.5. The zero-order chi connectivity index (χ0) is 17.2. The smallest absolute Gasteiger partial charge is 0.242 e. The molecule has 7 heteroatoms. The van der Waals surface area contributed by atoms with Crippen molar-refractivity contribution in [2.24, 2.45) is 0 Å². The average Bonchev–Trinajstić information content (AvgIpc) is 3.34. The first-order chi connectivity index (χ1) is 12.2. The molecule has 0 saturated carbocycles. The van der Waals surface area contributed by atoms with Gasteiger partial charge in [0.15, 0.2) is 5.82 Å². The third-order valence-electron chi connectivity index (χ3n) is 4.62. The minimum atomic E-state index is -0.150. The van der Waals surface area contributed by atoms with Gasteiger partial charge < -0.3 is 5.32 Å². The molecular weight excluding hydrogens is 334 g/mol. The second-order valence-corrected chi connectivity index (χ2v) is 7.16. The van der Waals surface area contributed by atoms with Gasteiger partial charge in [0.1, 0.15) is 0 Å². The summed E-state index contributed by atoms with van der Waals surface area (Å²) in [5, 5.41) is 12.2. The van der Waals surface area contributed by atoms with E-state index in [1.165, 1.54) is 0 Å². The summed E-state index contributed by atoms with van der Waals surface area (Å²) < 4.78 is 0. The molecule has 0 aliphatic carbocycles. The number of hydrogen-bond donors (Lipinski definition) is 1. The summed E-state index contributed by atoms with van der Waals surface area (Å²) in [6.45, 7) is 3.91. The van der Waals surface area contributed by atoms with Gasteiger partial charge in [-0.05, 0) is 56.6 Å². The molecule has 3 heterocycles. The topological polar surface area (TPSA) is 71.0 Å². The maximum Gasteiger partial charge on any atom is 0.242 e. The number of carbonyl (C=O) groups is 1. The minimum Gasteiger partial charge on any atom is -0.308 e. The van der Waals surface area contributed by atoms with Crippen molar-refractivity contribution < 1.29 is 4.79 Å². The summed E-state index contributed by atoms with van der Waals surface area (Å²) >= 11 is 1.60. The number of fused-ring (bicyclic) bond motifs is 1. The quantitative estimate of drug-likeness (QED) is 0.780. The molecule has 4 rings (SSSR count). The summed E-state index contributed by atoms with van der Waals surface area (Å²) in [5.41, 5.74) is 3.71. The number of benzene rings is 1. The highest BCUT2D eigenvalue weighted by molar-refractivity contribution is 7.13. The summed E-state index contributed by atoms with van der Waals surface area (Å²) in [6.07, 6.45) is 4.17. The van der Waals surface area contributed by atoms with Crippen LogP contribution in [-0.4, -0.2) is 45.1 Å². The van der Waals surface area contributed by atoms with Gasteiger partial charge in [-0.3, -0.25) is 14.7 Å². The predicted octanol–water partition coefficient (Wildman–Crippen LogP) is 3.18. The lowest BCUT2D eigenvalue weighted by atomic mass is 10.1. The second-order valence-electron chi connectivity index (χ2n) is 6.28. The SMILES string of the molecule is CC(C(=O)Nc1cc2cc(-c3cncs3)ccc2nn1)N1CCCC1. The van der Waals surface area contributed by atoms with Gasteiger partial charge in [0.25, 0.3) is 0 Å². The molecule has 1 atom stereocenters. The van der Waals surface area contributed by atoms with Gasteiger partial charge in [-0.1, -0.05) is 6.07 Å². The Labute approximate surface area is 149 Å². The molecule has 3 aromatic rings. The van der Waals surface area contributed by atoms with Gasteiger partial charge in [-0.25, -0.2) is 0 Å². The van der Waals surface area contributed by atoms with E-state index in [0.29, 0.717) is 5.82 Å².